The normalized spacial score (nSPS) is 23.1. The molecule has 0 aromatic heterocycles. The van der Waals surface area contributed by atoms with Gasteiger partial charge in [-0.15, -0.1) is 0 Å². The fourth-order valence-electron chi connectivity index (χ4n) is 2.06. The van der Waals surface area contributed by atoms with Gasteiger partial charge in [0.25, 0.3) is 5.91 Å². The number of benzene rings is 1. The molecule has 1 saturated heterocycles. The van der Waals surface area contributed by atoms with E-state index in [2.05, 4.69) is 22.6 Å². The SMILES string of the molecule is O=C(O)[C@H]1C[C@@H](O)CN1C(=O)c1cccc(I)c1. The number of aliphatic hydroxyl groups excluding tert-OH is 1. The van der Waals surface area contributed by atoms with Gasteiger partial charge in [0.15, 0.2) is 0 Å². The molecule has 1 aromatic rings. The van der Waals surface area contributed by atoms with Crippen molar-refractivity contribution < 1.29 is 19.8 Å². The Morgan fingerprint density at radius 2 is 2.11 bits per heavy atom. The molecule has 1 aliphatic rings. The first kappa shape index (κ1) is 13.3. The van der Waals surface area contributed by atoms with Crippen LogP contribution in [0, 0.1) is 3.57 Å². The molecule has 0 saturated carbocycles. The van der Waals surface area contributed by atoms with E-state index in [9.17, 15) is 14.7 Å². The fraction of sp³-hybridized carbons (Fsp3) is 0.333. The van der Waals surface area contributed by atoms with Crippen molar-refractivity contribution in [3.05, 3.63) is 33.4 Å². The van der Waals surface area contributed by atoms with E-state index in [1.165, 1.54) is 4.90 Å². The standard InChI is InChI=1S/C12H12INO4/c13-8-3-1-2-7(4-8)11(16)14-6-9(15)5-10(14)12(17)18/h1-4,9-10,15H,5-6H2,(H,17,18)/t9-,10-/m1/s1. The Morgan fingerprint density at radius 3 is 2.72 bits per heavy atom. The number of halogens is 1. The smallest absolute Gasteiger partial charge is 0.326 e. The highest BCUT2D eigenvalue weighted by Gasteiger charge is 2.39. The number of carbonyl (C=O) groups is 2. The van der Waals surface area contributed by atoms with Gasteiger partial charge in [-0.2, -0.15) is 0 Å². The minimum absolute atomic E-state index is 0.0707. The van der Waals surface area contributed by atoms with Gasteiger partial charge >= 0.3 is 5.97 Å². The molecule has 2 N–H and O–H groups in total. The topological polar surface area (TPSA) is 77.8 Å². The summed E-state index contributed by atoms with van der Waals surface area (Å²) in [6.07, 6.45) is -0.678. The first-order valence-corrected chi connectivity index (χ1v) is 6.54. The maximum absolute atomic E-state index is 12.2. The summed E-state index contributed by atoms with van der Waals surface area (Å²) in [5, 5.41) is 18.6. The number of hydrogen-bond donors (Lipinski definition) is 2. The number of nitrogens with zero attached hydrogens (tertiary/aromatic N) is 1. The van der Waals surface area contributed by atoms with Crippen LogP contribution < -0.4 is 0 Å². The number of carboxylic acid groups (broad SMARTS) is 1. The van der Waals surface area contributed by atoms with Crippen LogP contribution in [-0.4, -0.2) is 45.7 Å². The lowest BCUT2D eigenvalue weighted by Crippen LogP contribution is -2.40. The lowest BCUT2D eigenvalue weighted by atomic mass is 10.1. The number of aliphatic hydroxyl groups is 1. The van der Waals surface area contributed by atoms with Gasteiger partial charge in [0.2, 0.25) is 0 Å². The predicted octanol–water partition coefficient (Wildman–Crippen LogP) is 0.951. The molecule has 1 heterocycles. The molecule has 5 nitrogen and oxygen atoms in total. The molecule has 0 bridgehead atoms. The Balaban J connectivity index is 2.25. The van der Waals surface area contributed by atoms with E-state index < -0.39 is 18.1 Å². The summed E-state index contributed by atoms with van der Waals surface area (Å²) >= 11 is 2.09. The molecular weight excluding hydrogens is 349 g/mol. The summed E-state index contributed by atoms with van der Waals surface area (Å²) in [4.78, 5) is 24.5. The summed E-state index contributed by atoms with van der Waals surface area (Å²) in [7, 11) is 0. The Morgan fingerprint density at radius 1 is 1.39 bits per heavy atom. The molecule has 1 amide bonds. The number of carboxylic acids is 1. The lowest BCUT2D eigenvalue weighted by molar-refractivity contribution is -0.141. The quantitative estimate of drug-likeness (QED) is 0.769. The monoisotopic (exact) mass is 361 g/mol. The number of amides is 1. The van der Waals surface area contributed by atoms with Crippen molar-refractivity contribution in [1.82, 2.24) is 4.90 Å². The zero-order chi connectivity index (χ0) is 13.3. The molecule has 6 heteroatoms. The van der Waals surface area contributed by atoms with Crippen LogP contribution in [0.3, 0.4) is 0 Å². The number of hydrogen-bond acceptors (Lipinski definition) is 3. The molecule has 0 radical (unpaired) electrons. The average Bonchev–Trinajstić information content (AvgIpc) is 2.70. The largest absolute Gasteiger partial charge is 0.480 e. The van der Waals surface area contributed by atoms with E-state index in [1.54, 1.807) is 18.2 Å². The second kappa shape index (κ2) is 5.23. The number of carbonyl (C=O) groups excluding carboxylic acids is 1. The highest BCUT2D eigenvalue weighted by Crippen LogP contribution is 2.21. The van der Waals surface area contributed by atoms with Gasteiger partial charge in [-0.3, -0.25) is 4.79 Å². The zero-order valence-electron chi connectivity index (χ0n) is 9.41. The Kier molecular flexibility index (Phi) is 3.86. The molecule has 0 unspecified atom stereocenters. The molecule has 1 aromatic carbocycles. The molecule has 0 spiro atoms. The summed E-state index contributed by atoms with van der Waals surface area (Å²) < 4.78 is 0.907. The summed E-state index contributed by atoms with van der Waals surface area (Å²) in [6.45, 7) is 0.0707. The van der Waals surface area contributed by atoms with Crippen molar-refractivity contribution in [3.63, 3.8) is 0 Å². The van der Waals surface area contributed by atoms with Crippen molar-refractivity contribution in [3.8, 4) is 0 Å². The molecule has 2 atom stereocenters. The maximum Gasteiger partial charge on any atom is 0.326 e. The van der Waals surface area contributed by atoms with Crippen LogP contribution in [0.1, 0.15) is 16.8 Å². The molecule has 18 heavy (non-hydrogen) atoms. The van der Waals surface area contributed by atoms with Gasteiger partial charge < -0.3 is 15.1 Å². The third-order valence-electron chi connectivity index (χ3n) is 2.90. The Labute approximate surface area is 118 Å². The van der Waals surface area contributed by atoms with E-state index in [1.807, 2.05) is 6.07 Å². The number of likely N-dealkylation sites (tertiary alicyclic amines) is 1. The maximum atomic E-state index is 12.2. The first-order chi connectivity index (χ1) is 8.49. The van der Waals surface area contributed by atoms with E-state index in [4.69, 9.17) is 5.11 Å². The molecule has 96 valence electrons. The third kappa shape index (κ3) is 2.64. The van der Waals surface area contributed by atoms with Gasteiger partial charge in [0, 0.05) is 22.1 Å². The van der Waals surface area contributed by atoms with Crippen LogP contribution in [-0.2, 0) is 4.79 Å². The van der Waals surface area contributed by atoms with Gasteiger partial charge in [-0.1, -0.05) is 6.07 Å². The van der Waals surface area contributed by atoms with E-state index >= 15 is 0 Å². The van der Waals surface area contributed by atoms with E-state index in [0.29, 0.717) is 5.56 Å². The Bertz CT molecular complexity index is 491. The van der Waals surface area contributed by atoms with Crippen LogP contribution in [0.4, 0.5) is 0 Å². The fourth-order valence-corrected chi connectivity index (χ4v) is 2.60. The van der Waals surface area contributed by atoms with Crippen molar-refractivity contribution in [2.45, 2.75) is 18.6 Å². The molecular formula is C12H12INO4. The lowest BCUT2D eigenvalue weighted by Gasteiger charge is -2.21. The van der Waals surface area contributed by atoms with Crippen LogP contribution in [0.5, 0.6) is 0 Å². The predicted molar refractivity (Wildman–Crippen MR) is 72.2 cm³/mol. The van der Waals surface area contributed by atoms with Crippen LogP contribution >= 0.6 is 22.6 Å². The van der Waals surface area contributed by atoms with Crippen molar-refractivity contribution in [2.75, 3.05) is 6.54 Å². The number of rotatable bonds is 2. The van der Waals surface area contributed by atoms with Crippen LogP contribution in [0.15, 0.2) is 24.3 Å². The van der Waals surface area contributed by atoms with Crippen molar-refractivity contribution in [1.29, 1.82) is 0 Å². The molecule has 1 fully saturated rings. The van der Waals surface area contributed by atoms with Gasteiger partial charge in [0.1, 0.15) is 6.04 Å². The summed E-state index contributed by atoms with van der Waals surface area (Å²) in [5.41, 5.74) is 0.447. The zero-order valence-corrected chi connectivity index (χ0v) is 11.6. The molecule has 2 rings (SSSR count). The minimum Gasteiger partial charge on any atom is -0.480 e. The van der Waals surface area contributed by atoms with E-state index in [-0.39, 0.29) is 18.9 Å². The number of β-amino-alcohol motifs (C(OH)–C–C–N with tert-alkyl or cyclic N) is 1. The van der Waals surface area contributed by atoms with Gasteiger partial charge in [0.05, 0.1) is 6.10 Å². The highest BCUT2D eigenvalue weighted by molar-refractivity contribution is 14.1. The van der Waals surface area contributed by atoms with Crippen LogP contribution in [0.25, 0.3) is 0 Å². The highest BCUT2D eigenvalue weighted by atomic mass is 127. The number of aliphatic carboxylic acids is 1. The third-order valence-corrected chi connectivity index (χ3v) is 3.57. The molecule has 1 aliphatic heterocycles. The summed E-state index contributed by atoms with van der Waals surface area (Å²) in [5.74, 6) is -1.43. The second-order valence-electron chi connectivity index (χ2n) is 4.21. The van der Waals surface area contributed by atoms with Crippen molar-refractivity contribution in [2.24, 2.45) is 0 Å². The minimum atomic E-state index is -1.08. The van der Waals surface area contributed by atoms with Crippen LogP contribution in [0.2, 0.25) is 0 Å². The summed E-state index contributed by atoms with van der Waals surface area (Å²) in [6, 6.07) is 6.01. The molecule has 0 aliphatic carbocycles. The first-order valence-electron chi connectivity index (χ1n) is 5.46. The average molecular weight is 361 g/mol. The Hall–Kier alpha value is -1.15. The van der Waals surface area contributed by atoms with E-state index in [0.717, 1.165) is 3.57 Å². The van der Waals surface area contributed by atoms with Gasteiger partial charge in [-0.25, -0.2) is 4.79 Å². The second-order valence-corrected chi connectivity index (χ2v) is 5.46. The van der Waals surface area contributed by atoms with Gasteiger partial charge in [-0.05, 0) is 40.8 Å². The van der Waals surface area contributed by atoms with Crippen molar-refractivity contribution >= 4 is 34.5 Å².